The number of carboxylic acids is 1. The largest absolute Gasteiger partial charge is 0.480 e. The first-order chi connectivity index (χ1) is 8.35. The molecule has 1 heterocycles. The van der Waals surface area contributed by atoms with Crippen LogP contribution in [0.5, 0.6) is 0 Å². The summed E-state index contributed by atoms with van der Waals surface area (Å²) in [7, 11) is 0. The molecule has 1 aromatic heterocycles. The molecule has 0 saturated carbocycles. The minimum atomic E-state index is -0.963. The lowest BCUT2D eigenvalue weighted by Gasteiger charge is -2.28. The molecule has 0 aliphatic heterocycles. The van der Waals surface area contributed by atoms with Gasteiger partial charge in [-0.2, -0.15) is 0 Å². The molecule has 6 heteroatoms. The van der Waals surface area contributed by atoms with Crippen LogP contribution in [0.25, 0.3) is 0 Å². The first-order valence-electron chi connectivity index (χ1n) is 5.59. The average Bonchev–Trinajstić information content (AvgIpc) is 2.27. The van der Waals surface area contributed by atoms with Crippen LogP contribution in [0.4, 0.5) is 0 Å². The van der Waals surface area contributed by atoms with Crippen LogP contribution in [-0.4, -0.2) is 33.4 Å². The summed E-state index contributed by atoms with van der Waals surface area (Å²) in [6, 6.07) is 3.83. The molecule has 0 fully saturated rings. The van der Waals surface area contributed by atoms with Crippen LogP contribution in [0.2, 0.25) is 0 Å². The lowest BCUT2D eigenvalue weighted by molar-refractivity contribution is -0.143. The normalized spacial score (nSPS) is 14.5. The van der Waals surface area contributed by atoms with E-state index in [0.29, 0.717) is 5.75 Å². The highest BCUT2D eigenvalue weighted by Gasteiger charge is 2.33. The summed E-state index contributed by atoms with van der Waals surface area (Å²) in [6.07, 6.45) is 1.70. The van der Waals surface area contributed by atoms with Gasteiger partial charge >= 0.3 is 5.97 Å². The second-order valence-electron chi connectivity index (χ2n) is 4.52. The molecule has 0 amide bonds. The van der Waals surface area contributed by atoms with Gasteiger partial charge in [-0.25, -0.2) is 4.98 Å². The zero-order valence-electron chi connectivity index (χ0n) is 10.6. The fraction of sp³-hybridized carbons (Fsp3) is 0.500. The molecule has 100 valence electrons. The quantitative estimate of drug-likeness (QED) is 0.784. The molecule has 0 spiro atoms. The van der Waals surface area contributed by atoms with Crippen molar-refractivity contribution in [3.8, 4) is 0 Å². The van der Waals surface area contributed by atoms with Crippen LogP contribution in [0.1, 0.15) is 20.8 Å². The highest BCUT2D eigenvalue weighted by atomic mass is 79.9. The molecule has 0 bridgehead atoms. The molecule has 1 aromatic rings. The highest BCUT2D eigenvalue weighted by Crippen LogP contribution is 2.27. The maximum atomic E-state index is 11.4. The summed E-state index contributed by atoms with van der Waals surface area (Å²) in [6.45, 7) is 5.56. The summed E-state index contributed by atoms with van der Waals surface area (Å²) in [5.74, 6) is -0.438. The molecule has 2 N–H and O–H groups in total. The standard InChI is InChI=1S/C12H17BrN2O2S/c1-8(2)15-12(3,11(16)17)7-18-10-9(13)5-4-6-14-10/h4-6,8,15H,7H2,1-3H3,(H,16,17). The molecule has 18 heavy (non-hydrogen) atoms. The fourth-order valence-corrected chi connectivity index (χ4v) is 3.06. The van der Waals surface area contributed by atoms with Gasteiger partial charge < -0.3 is 5.11 Å². The smallest absolute Gasteiger partial charge is 0.324 e. The Morgan fingerprint density at radius 2 is 2.33 bits per heavy atom. The van der Waals surface area contributed by atoms with Crippen LogP contribution < -0.4 is 5.32 Å². The molecular weight excluding hydrogens is 316 g/mol. The monoisotopic (exact) mass is 332 g/mol. The van der Waals surface area contributed by atoms with E-state index in [-0.39, 0.29) is 6.04 Å². The van der Waals surface area contributed by atoms with E-state index in [9.17, 15) is 9.90 Å². The Labute approximate surface area is 120 Å². The number of nitrogens with zero attached hydrogens (tertiary/aromatic N) is 1. The number of hydrogen-bond donors (Lipinski definition) is 2. The van der Waals surface area contributed by atoms with Gasteiger partial charge in [-0.15, -0.1) is 11.8 Å². The number of carboxylic acid groups (broad SMARTS) is 1. The van der Waals surface area contributed by atoms with Crippen molar-refractivity contribution in [2.24, 2.45) is 0 Å². The first kappa shape index (κ1) is 15.5. The van der Waals surface area contributed by atoms with E-state index in [4.69, 9.17) is 0 Å². The second-order valence-corrected chi connectivity index (χ2v) is 6.33. The number of rotatable bonds is 6. The molecule has 4 nitrogen and oxygen atoms in total. The van der Waals surface area contributed by atoms with Crippen LogP contribution in [0, 0.1) is 0 Å². The van der Waals surface area contributed by atoms with Crippen molar-refractivity contribution in [1.82, 2.24) is 10.3 Å². The predicted molar refractivity (Wildman–Crippen MR) is 77.0 cm³/mol. The lowest BCUT2D eigenvalue weighted by Crippen LogP contribution is -2.54. The van der Waals surface area contributed by atoms with Crippen molar-refractivity contribution >= 4 is 33.7 Å². The summed E-state index contributed by atoms with van der Waals surface area (Å²) >= 11 is 4.82. The van der Waals surface area contributed by atoms with Gasteiger partial charge in [-0.05, 0) is 48.8 Å². The number of hydrogen-bond acceptors (Lipinski definition) is 4. The van der Waals surface area contributed by atoms with Gasteiger partial charge in [0.05, 0.1) is 0 Å². The zero-order valence-corrected chi connectivity index (χ0v) is 13.0. The van der Waals surface area contributed by atoms with Crippen molar-refractivity contribution in [2.75, 3.05) is 5.75 Å². The molecular formula is C12H17BrN2O2S. The Morgan fingerprint density at radius 3 is 2.83 bits per heavy atom. The van der Waals surface area contributed by atoms with Crippen LogP contribution in [-0.2, 0) is 4.79 Å². The van der Waals surface area contributed by atoms with Crippen LogP contribution in [0.15, 0.2) is 27.8 Å². The number of nitrogens with one attached hydrogen (secondary N) is 1. The Morgan fingerprint density at radius 1 is 1.67 bits per heavy atom. The molecule has 0 aliphatic carbocycles. The van der Waals surface area contributed by atoms with Gasteiger partial charge in [0.2, 0.25) is 0 Å². The SMILES string of the molecule is CC(C)NC(C)(CSc1ncccc1Br)C(=O)O. The van der Waals surface area contributed by atoms with Crippen molar-refractivity contribution in [3.05, 3.63) is 22.8 Å². The van der Waals surface area contributed by atoms with Crippen molar-refractivity contribution in [3.63, 3.8) is 0 Å². The first-order valence-corrected chi connectivity index (χ1v) is 7.37. The zero-order chi connectivity index (χ0) is 13.8. The average molecular weight is 333 g/mol. The van der Waals surface area contributed by atoms with E-state index in [1.165, 1.54) is 11.8 Å². The van der Waals surface area contributed by atoms with Crippen molar-refractivity contribution in [2.45, 2.75) is 37.4 Å². The third-order valence-corrected chi connectivity index (χ3v) is 4.52. The molecule has 1 unspecified atom stereocenters. The maximum Gasteiger partial charge on any atom is 0.324 e. The van der Waals surface area contributed by atoms with Gasteiger partial charge in [-0.1, -0.05) is 0 Å². The summed E-state index contributed by atoms with van der Waals surface area (Å²) in [5, 5.41) is 13.2. The van der Waals surface area contributed by atoms with Crippen molar-refractivity contribution in [1.29, 1.82) is 0 Å². The minimum Gasteiger partial charge on any atom is -0.480 e. The Hall–Kier alpha value is -0.590. The van der Waals surface area contributed by atoms with E-state index in [1.54, 1.807) is 13.1 Å². The molecule has 0 aliphatic rings. The molecule has 0 radical (unpaired) electrons. The molecule has 0 saturated heterocycles. The Bertz CT molecular complexity index is 428. The predicted octanol–water partition coefficient (Wildman–Crippen LogP) is 2.78. The fourth-order valence-electron chi connectivity index (χ4n) is 1.49. The lowest BCUT2D eigenvalue weighted by atomic mass is 10.1. The van der Waals surface area contributed by atoms with Gasteiger partial charge in [0, 0.05) is 22.5 Å². The van der Waals surface area contributed by atoms with Crippen LogP contribution in [0.3, 0.4) is 0 Å². The summed E-state index contributed by atoms with van der Waals surface area (Å²) in [5.41, 5.74) is -0.963. The van der Waals surface area contributed by atoms with Gasteiger partial charge in [0.15, 0.2) is 0 Å². The van der Waals surface area contributed by atoms with E-state index < -0.39 is 11.5 Å². The number of aromatic nitrogens is 1. The molecule has 0 aromatic carbocycles. The van der Waals surface area contributed by atoms with Crippen molar-refractivity contribution < 1.29 is 9.90 Å². The highest BCUT2D eigenvalue weighted by molar-refractivity contribution is 9.10. The number of thioether (sulfide) groups is 1. The van der Waals surface area contributed by atoms with Crippen LogP contribution >= 0.6 is 27.7 Å². The Kier molecular flexibility index (Phi) is 5.62. The number of aliphatic carboxylic acids is 1. The third-order valence-electron chi connectivity index (χ3n) is 2.30. The number of pyridine rings is 1. The molecule has 1 atom stereocenters. The van der Waals surface area contributed by atoms with Gasteiger partial charge in [0.1, 0.15) is 10.6 Å². The van der Waals surface area contributed by atoms with Gasteiger partial charge in [0.25, 0.3) is 0 Å². The van der Waals surface area contributed by atoms with E-state index in [1.807, 2.05) is 26.0 Å². The second kappa shape index (κ2) is 6.54. The summed E-state index contributed by atoms with van der Waals surface area (Å²) in [4.78, 5) is 15.6. The van der Waals surface area contributed by atoms with E-state index >= 15 is 0 Å². The van der Waals surface area contributed by atoms with E-state index in [2.05, 4.69) is 26.2 Å². The number of carbonyl (C=O) groups is 1. The topological polar surface area (TPSA) is 62.2 Å². The molecule has 1 rings (SSSR count). The summed E-state index contributed by atoms with van der Waals surface area (Å²) < 4.78 is 0.882. The van der Waals surface area contributed by atoms with Gasteiger partial charge in [-0.3, -0.25) is 10.1 Å². The third kappa shape index (κ3) is 4.26. The maximum absolute atomic E-state index is 11.4. The number of halogens is 1. The minimum absolute atomic E-state index is 0.110. The van der Waals surface area contributed by atoms with E-state index in [0.717, 1.165) is 9.50 Å². The Balaban J connectivity index is 2.75.